The molecule has 0 fully saturated rings. The standard InChI is InChI=1S/C26H34N6O4/c27-20(5-1-6-21-9-8-18-4-2-13-31-26(18)32-21)11-15-28-22(17-25(35)36)19-10-14-30-23(16-19)29-12-3-7-24(33)34/h8-11,14-16,22H,1-7,12-13,17,27H2,(H,29,30)(H,31,32)(H,33,34)(H,35,36). The number of rotatable bonds is 14. The molecule has 1 unspecified atom stereocenters. The average Bonchev–Trinajstić information content (AvgIpc) is 2.86. The van der Waals surface area contributed by atoms with Crippen LogP contribution in [0.1, 0.15) is 61.4 Å². The van der Waals surface area contributed by atoms with Crippen molar-refractivity contribution in [2.75, 3.05) is 23.7 Å². The Morgan fingerprint density at radius 2 is 2.06 bits per heavy atom. The minimum absolute atomic E-state index is 0.0629. The molecule has 0 spiro atoms. The van der Waals surface area contributed by atoms with Crippen molar-refractivity contribution in [1.82, 2.24) is 9.97 Å². The largest absolute Gasteiger partial charge is 0.481 e. The molecule has 1 atom stereocenters. The van der Waals surface area contributed by atoms with E-state index in [9.17, 15) is 14.7 Å². The number of fused-ring (bicyclic) bond motifs is 1. The predicted molar refractivity (Wildman–Crippen MR) is 139 cm³/mol. The molecule has 3 heterocycles. The number of nitrogens with zero attached hydrogens (tertiary/aromatic N) is 3. The first-order chi connectivity index (χ1) is 17.4. The van der Waals surface area contributed by atoms with Crippen molar-refractivity contribution in [2.45, 2.75) is 57.4 Å². The van der Waals surface area contributed by atoms with Gasteiger partial charge in [-0.05, 0) is 73.9 Å². The molecule has 1 aliphatic rings. The molecular weight excluding hydrogens is 460 g/mol. The van der Waals surface area contributed by atoms with E-state index in [1.165, 1.54) is 5.56 Å². The van der Waals surface area contributed by atoms with Gasteiger partial charge in [0.05, 0.1) is 12.5 Å². The third-order valence-corrected chi connectivity index (χ3v) is 5.82. The van der Waals surface area contributed by atoms with Crippen molar-refractivity contribution >= 4 is 29.8 Å². The third-order valence-electron chi connectivity index (χ3n) is 5.82. The van der Waals surface area contributed by atoms with Gasteiger partial charge in [0.25, 0.3) is 0 Å². The number of anilines is 2. The van der Waals surface area contributed by atoms with Gasteiger partial charge in [0.1, 0.15) is 11.6 Å². The van der Waals surface area contributed by atoms with Crippen LogP contribution in [0.3, 0.4) is 0 Å². The molecule has 1 aliphatic heterocycles. The van der Waals surface area contributed by atoms with E-state index in [2.05, 4.69) is 32.7 Å². The molecule has 0 radical (unpaired) electrons. The molecule has 192 valence electrons. The van der Waals surface area contributed by atoms with Crippen LogP contribution < -0.4 is 16.4 Å². The van der Waals surface area contributed by atoms with Crippen LogP contribution in [0.15, 0.2) is 47.2 Å². The number of carbonyl (C=O) groups is 2. The number of aliphatic carboxylic acids is 2. The molecule has 0 saturated heterocycles. The Morgan fingerprint density at radius 3 is 2.86 bits per heavy atom. The third kappa shape index (κ3) is 9.01. The van der Waals surface area contributed by atoms with Crippen LogP contribution in [-0.4, -0.2) is 51.4 Å². The molecule has 10 nitrogen and oxygen atoms in total. The zero-order valence-corrected chi connectivity index (χ0v) is 20.3. The lowest BCUT2D eigenvalue weighted by Gasteiger charge is -2.17. The van der Waals surface area contributed by atoms with Crippen LogP contribution in [0.2, 0.25) is 0 Å². The quantitative estimate of drug-likeness (QED) is 0.195. The van der Waals surface area contributed by atoms with Crippen LogP contribution >= 0.6 is 0 Å². The second-order valence-corrected chi connectivity index (χ2v) is 8.75. The van der Waals surface area contributed by atoms with E-state index >= 15 is 0 Å². The van der Waals surface area contributed by atoms with E-state index in [-0.39, 0.29) is 12.8 Å². The number of pyridine rings is 2. The van der Waals surface area contributed by atoms with E-state index in [0.717, 1.165) is 43.7 Å². The van der Waals surface area contributed by atoms with Crippen molar-refractivity contribution in [3.8, 4) is 0 Å². The van der Waals surface area contributed by atoms with Crippen molar-refractivity contribution < 1.29 is 19.8 Å². The maximum atomic E-state index is 11.4. The van der Waals surface area contributed by atoms with Gasteiger partial charge in [-0.15, -0.1) is 0 Å². The molecule has 10 heteroatoms. The number of hydrogen-bond donors (Lipinski definition) is 5. The number of nitrogens with two attached hydrogens (primary N) is 1. The fourth-order valence-corrected chi connectivity index (χ4v) is 3.94. The second kappa shape index (κ2) is 13.8. The summed E-state index contributed by atoms with van der Waals surface area (Å²) in [5, 5.41) is 24.5. The lowest BCUT2D eigenvalue weighted by molar-refractivity contribution is -0.138. The summed E-state index contributed by atoms with van der Waals surface area (Å²) < 4.78 is 0. The highest BCUT2D eigenvalue weighted by Gasteiger charge is 2.15. The number of carboxylic acid groups (broad SMARTS) is 2. The SMILES string of the molecule is NC(=CC=NC(CC(=O)O)c1ccnc(NCCCC(=O)O)c1)CCCc1ccc2c(n1)NCCC2. The highest BCUT2D eigenvalue weighted by molar-refractivity contribution is 5.73. The average molecular weight is 495 g/mol. The summed E-state index contributed by atoms with van der Waals surface area (Å²) in [5.74, 6) is -0.277. The van der Waals surface area contributed by atoms with Gasteiger partial charge >= 0.3 is 11.9 Å². The van der Waals surface area contributed by atoms with Crippen molar-refractivity contribution in [2.24, 2.45) is 10.7 Å². The van der Waals surface area contributed by atoms with Crippen molar-refractivity contribution in [3.63, 3.8) is 0 Å². The number of aliphatic imine (C=N–C) groups is 1. The topological polar surface area (TPSA) is 163 Å². The van der Waals surface area contributed by atoms with Crippen LogP contribution in [0.25, 0.3) is 0 Å². The molecule has 0 bridgehead atoms. The van der Waals surface area contributed by atoms with Gasteiger partial charge in [-0.1, -0.05) is 6.07 Å². The summed E-state index contributed by atoms with van der Waals surface area (Å²) >= 11 is 0. The maximum Gasteiger partial charge on any atom is 0.305 e. The Morgan fingerprint density at radius 1 is 1.19 bits per heavy atom. The summed E-state index contributed by atoms with van der Waals surface area (Å²) in [6.07, 6.45) is 9.75. The first-order valence-corrected chi connectivity index (χ1v) is 12.2. The number of aromatic nitrogens is 2. The van der Waals surface area contributed by atoms with Gasteiger partial charge in [-0.25, -0.2) is 9.97 Å². The Bertz CT molecular complexity index is 1100. The lowest BCUT2D eigenvalue weighted by atomic mass is 10.1. The summed E-state index contributed by atoms with van der Waals surface area (Å²) in [6.45, 7) is 1.41. The van der Waals surface area contributed by atoms with Gasteiger partial charge in [-0.2, -0.15) is 0 Å². The minimum atomic E-state index is -0.964. The monoisotopic (exact) mass is 494 g/mol. The zero-order chi connectivity index (χ0) is 25.8. The highest BCUT2D eigenvalue weighted by Crippen LogP contribution is 2.23. The van der Waals surface area contributed by atoms with E-state index < -0.39 is 18.0 Å². The molecule has 2 aromatic rings. The molecule has 0 saturated carbocycles. The molecule has 36 heavy (non-hydrogen) atoms. The molecule has 0 aromatic carbocycles. The first-order valence-electron chi connectivity index (χ1n) is 12.2. The van der Waals surface area contributed by atoms with E-state index in [4.69, 9.17) is 15.8 Å². The van der Waals surface area contributed by atoms with Crippen LogP contribution in [0.5, 0.6) is 0 Å². The zero-order valence-electron chi connectivity index (χ0n) is 20.3. The number of carboxylic acids is 2. The smallest absolute Gasteiger partial charge is 0.305 e. The van der Waals surface area contributed by atoms with Crippen molar-refractivity contribution in [1.29, 1.82) is 0 Å². The van der Waals surface area contributed by atoms with Gasteiger partial charge in [0, 0.05) is 43.3 Å². The second-order valence-electron chi connectivity index (χ2n) is 8.75. The predicted octanol–water partition coefficient (Wildman–Crippen LogP) is 3.56. The highest BCUT2D eigenvalue weighted by atomic mass is 16.4. The molecule has 6 N–H and O–H groups in total. The number of allylic oxidation sites excluding steroid dienone is 2. The minimum Gasteiger partial charge on any atom is -0.481 e. The lowest BCUT2D eigenvalue weighted by Crippen LogP contribution is -2.14. The van der Waals surface area contributed by atoms with E-state index in [1.807, 2.05) is 0 Å². The fraction of sp³-hybridized carbons (Fsp3) is 0.423. The summed E-state index contributed by atoms with van der Waals surface area (Å²) in [4.78, 5) is 35.4. The Labute approximate surface area is 210 Å². The summed E-state index contributed by atoms with van der Waals surface area (Å²) in [6, 6.07) is 7.09. The summed E-state index contributed by atoms with van der Waals surface area (Å²) in [7, 11) is 0. The van der Waals surface area contributed by atoms with Crippen LogP contribution in [0.4, 0.5) is 11.6 Å². The fourth-order valence-electron chi connectivity index (χ4n) is 3.94. The molecule has 3 rings (SSSR count). The van der Waals surface area contributed by atoms with Gasteiger partial charge in [0.2, 0.25) is 0 Å². The Balaban J connectivity index is 1.53. The first kappa shape index (κ1) is 26.7. The summed E-state index contributed by atoms with van der Waals surface area (Å²) in [5.41, 5.74) is 9.82. The molecule has 0 aliphatic carbocycles. The maximum absolute atomic E-state index is 11.4. The molecular formula is C26H34N6O4. The van der Waals surface area contributed by atoms with Crippen LogP contribution in [-0.2, 0) is 22.4 Å². The van der Waals surface area contributed by atoms with E-state index in [1.54, 1.807) is 30.6 Å². The van der Waals surface area contributed by atoms with Crippen molar-refractivity contribution in [3.05, 3.63) is 59.1 Å². The van der Waals surface area contributed by atoms with Gasteiger partial charge < -0.3 is 26.6 Å². The van der Waals surface area contributed by atoms with Gasteiger partial charge in [-0.3, -0.25) is 14.6 Å². The number of nitrogens with one attached hydrogen (secondary N) is 2. The Hall–Kier alpha value is -3.95. The van der Waals surface area contributed by atoms with Gasteiger partial charge in [0.15, 0.2) is 0 Å². The van der Waals surface area contributed by atoms with Crippen LogP contribution in [0, 0.1) is 0 Å². The number of hydrogen-bond acceptors (Lipinski definition) is 8. The molecule has 2 aromatic heterocycles. The molecule has 0 amide bonds. The number of aryl methyl sites for hydroxylation is 2. The van der Waals surface area contributed by atoms with E-state index in [0.29, 0.717) is 36.5 Å². The Kier molecular flexibility index (Phi) is 10.2. The normalized spacial score (nSPS) is 14.2.